The Balaban J connectivity index is 2.79. The summed E-state index contributed by atoms with van der Waals surface area (Å²) in [5.74, 6) is 0.949. The van der Waals surface area contributed by atoms with Crippen LogP contribution in [0.25, 0.3) is 0 Å². The van der Waals surface area contributed by atoms with Crippen molar-refractivity contribution in [2.24, 2.45) is 5.92 Å². The second kappa shape index (κ2) is 5.80. The van der Waals surface area contributed by atoms with Gasteiger partial charge in [0.2, 0.25) is 0 Å². The average Bonchev–Trinajstić information content (AvgIpc) is 2.28. The van der Waals surface area contributed by atoms with Crippen LogP contribution in [0.5, 0.6) is 0 Å². The Kier molecular flexibility index (Phi) is 4.40. The summed E-state index contributed by atoms with van der Waals surface area (Å²) in [6.45, 7) is 4.88. The molecule has 0 spiro atoms. The molecule has 1 aromatic rings. The average molecular weight is 234 g/mol. The van der Waals surface area contributed by atoms with E-state index in [9.17, 15) is 10.1 Å². The fourth-order valence-electron chi connectivity index (χ4n) is 1.26. The lowest BCUT2D eigenvalue weighted by molar-refractivity contribution is -0.385. The molecule has 1 heterocycles. The van der Waals surface area contributed by atoms with Gasteiger partial charge >= 0.3 is 0 Å². The number of hydrogen-bond acceptors (Lipinski definition) is 5. The molecule has 0 fully saturated rings. The van der Waals surface area contributed by atoms with Gasteiger partial charge in [-0.1, -0.05) is 13.8 Å². The molecule has 1 aromatic heterocycles. The van der Waals surface area contributed by atoms with Gasteiger partial charge in [0.25, 0.3) is 5.69 Å². The Morgan fingerprint density at radius 3 is 2.88 bits per heavy atom. The number of nitrogens with one attached hydrogen (secondary N) is 1. The number of nitrogens with zero attached hydrogens (tertiary/aromatic N) is 3. The highest BCUT2D eigenvalue weighted by Gasteiger charge is 2.11. The summed E-state index contributed by atoms with van der Waals surface area (Å²) in [5, 5.41) is 22.4. The van der Waals surface area contributed by atoms with Crippen LogP contribution >= 0.6 is 0 Å². The lowest BCUT2D eigenvalue weighted by Gasteiger charge is -2.08. The number of aromatic nitrogens is 1. The molecular weight excluding hydrogens is 220 g/mol. The van der Waals surface area contributed by atoms with Crippen LogP contribution in [0.15, 0.2) is 12.3 Å². The topological polar surface area (TPSA) is 91.8 Å². The molecule has 6 nitrogen and oxygen atoms in total. The van der Waals surface area contributed by atoms with Crippen LogP contribution in [0, 0.1) is 27.4 Å². The second-order valence-electron chi connectivity index (χ2n) is 4.07. The number of pyridine rings is 1. The smallest absolute Gasteiger partial charge is 0.289 e. The van der Waals surface area contributed by atoms with E-state index in [1.165, 1.54) is 6.07 Å². The van der Waals surface area contributed by atoms with Crippen molar-refractivity contribution in [3.63, 3.8) is 0 Å². The molecule has 0 radical (unpaired) electrons. The van der Waals surface area contributed by atoms with E-state index >= 15 is 0 Å². The number of hydrogen-bond donors (Lipinski definition) is 1. The molecule has 0 bridgehead atoms. The summed E-state index contributed by atoms with van der Waals surface area (Å²) < 4.78 is 0. The van der Waals surface area contributed by atoms with Gasteiger partial charge in [-0.3, -0.25) is 10.1 Å². The third-order valence-electron chi connectivity index (χ3n) is 2.22. The third-order valence-corrected chi connectivity index (χ3v) is 2.22. The zero-order chi connectivity index (χ0) is 12.8. The standard InChI is InChI=1S/C11H14N4O2/c1-8(2)3-4-13-11-9(6-12)5-10(7-14-11)15(16)17/h5,7-8H,3-4H2,1-2H3,(H,13,14). The highest BCUT2D eigenvalue weighted by molar-refractivity contribution is 5.55. The molecule has 1 N–H and O–H groups in total. The highest BCUT2D eigenvalue weighted by Crippen LogP contribution is 2.18. The van der Waals surface area contributed by atoms with Crippen LogP contribution in [-0.4, -0.2) is 16.5 Å². The van der Waals surface area contributed by atoms with Gasteiger partial charge < -0.3 is 5.32 Å². The van der Waals surface area contributed by atoms with Crippen molar-refractivity contribution >= 4 is 11.5 Å². The quantitative estimate of drug-likeness (QED) is 0.623. The van der Waals surface area contributed by atoms with Crippen LogP contribution in [0.1, 0.15) is 25.8 Å². The number of nitro groups is 1. The molecule has 90 valence electrons. The summed E-state index contributed by atoms with van der Waals surface area (Å²) in [7, 11) is 0. The van der Waals surface area contributed by atoms with E-state index < -0.39 is 4.92 Å². The van der Waals surface area contributed by atoms with Gasteiger partial charge in [-0.15, -0.1) is 0 Å². The van der Waals surface area contributed by atoms with Gasteiger partial charge in [-0.2, -0.15) is 5.26 Å². The van der Waals surface area contributed by atoms with E-state index in [1.807, 2.05) is 6.07 Å². The molecular formula is C11H14N4O2. The SMILES string of the molecule is CC(C)CCNc1ncc([N+](=O)[O-])cc1C#N. The first kappa shape index (κ1) is 12.9. The molecule has 0 aliphatic carbocycles. The van der Waals surface area contributed by atoms with Crippen molar-refractivity contribution < 1.29 is 4.92 Å². The van der Waals surface area contributed by atoms with Crippen LogP contribution in [0.3, 0.4) is 0 Å². The minimum absolute atomic E-state index is 0.170. The lowest BCUT2D eigenvalue weighted by Crippen LogP contribution is -2.08. The Labute approximate surface area is 99.4 Å². The molecule has 17 heavy (non-hydrogen) atoms. The molecule has 0 aromatic carbocycles. The largest absolute Gasteiger partial charge is 0.369 e. The normalized spacial score (nSPS) is 10.0. The van der Waals surface area contributed by atoms with Gasteiger partial charge in [-0.05, 0) is 12.3 Å². The zero-order valence-corrected chi connectivity index (χ0v) is 9.80. The summed E-state index contributed by atoms with van der Waals surface area (Å²) in [6.07, 6.45) is 2.10. The third kappa shape index (κ3) is 3.72. The van der Waals surface area contributed by atoms with Gasteiger partial charge in [0.1, 0.15) is 23.6 Å². The van der Waals surface area contributed by atoms with E-state index in [0.29, 0.717) is 18.3 Å². The Morgan fingerprint density at radius 1 is 1.65 bits per heavy atom. The van der Waals surface area contributed by atoms with E-state index in [4.69, 9.17) is 5.26 Å². The summed E-state index contributed by atoms with van der Waals surface area (Å²) in [6, 6.07) is 3.13. The maximum absolute atomic E-state index is 10.5. The number of rotatable bonds is 5. The summed E-state index contributed by atoms with van der Waals surface area (Å²) in [5.41, 5.74) is 0.0268. The Morgan fingerprint density at radius 2 is 2.35 bits per heavy atom. The van der Waals surface area contributed by atoms with Crippen LogP contribution in [-0.2, 0) is 0 Å². The number of nitriles is 1. The molecule has 0 amide bonds. The molecule has 0 aliphatic heterocycles. The van der Waals surface area contributed by atoms with Crippen molar-refractivity contribution in [3.05, 3.63) is 27.9 Å². The van der Waals surface area contributed by atoms with E-state index in [-0.39, 0.29) is 11.3 Å². The number of anilines is 1. The fraction of sp³-hybridized carbons (Fsp3) is 0.455. The first-order valence-corrected chi connectivity index (χ1v) is 5.33. The van der Waals surface area contributed by atoms with Crippen molar-refractivity contribution in [1.29, 1.82) is 5.26 Å². The second-order valence-corrected chi connectivity index (χ2v) is 4.07. The van der Waals surface area contributed by atoms with Gasteiger partial charge in [0, 0.05) is 12.6 Å². The van der Waals surface area contributed by atoms with Crippen molar-refractivity contribution in [2.75, 3.05) is 11.9 Å². The van der Waals surface area contributed by atoms with Crippen molar-refractivity contribution in [3.8, 4) is 6.07 Å². The van der Waals surface area contributed by atoms with E-state index in [2.05, 4.69) is 24.1 Å². The predicted molar refractivity (Wildman–Crippen MR) is 63.6 cm³/mol. The van der Waals surface area contributed by atoms with E-state index in [1.54, 1.807) is 0 Å². The lowest BCUT2D eigenvalue weighted by atomic mass is 10.1. The van der Waals surface area contributed by atoms with Gasteiger partial charge in [0.15, 0.2) is 0 Å². The minimum atomic E-state index is -0.564. The van der Waals surface area contributed by atoms with Crippen molar-refractivity contribution in [2.45, 2.75) is 20.3 Å². The maximum Gasteiger partial charge on any atom is 0.289 e. The predicted octanol–water partition coefficient (Wildman–Crippen LogP) is 2.32. The molecule has 0 saturated carbocycles. The maximum atomic E-state index is 10.5. The molecule has 0 saturated heterocycles. The fourth-order valence-corrected chi connectivity index (χ4v) is 1.26. The van der Waals surface area contributed by atoms with Gasteiger partial charge in [-0.25, -0.2) is 4.98 Å². The molecule has 0 atom stereocenters. The van der Waals surface area contributed by atoms with Crippen molar-refractivity contribution in [1.82, 2.24) is 4.98 Å². The summed E-state index contributed by atoms with van der Waals surface area (Å²) in [4.78, 5) is 13.8. The minimum Gasteiger partial charge on any atom is -0.369 e. The molecule has 0 unspecified atom stereocenters. The zero-order valence-electron chi connectivity index (χ0n) is 9.80. The monoisotopic (exact) mass is 234 g/mol. The first-order valence-electron chi connectivity index (χ1n) is 5.33. The Bertz CT molecular complexity index is 451. The molecule has 1 rings (SSSR count). The molecule has 0 aliphatic rings. The first-order chi connectivity index (χ1) is 8.04. The van der Waals surface area contributed by atoms with Gasteiger partial charge in [0.05, 0.1) is 4.92 Å². The summed E-state index contributed by atoms with van der Waals surface area (Å²) >= 11 is 0. The van der Waals surface area contributed by atoms with E-state index in [0.717, 1.165) is 12.6 Å². The van der Waals surface area contributed by atoms with Crippen LogP contribution in [0.2, 0.25) is 0 Å². The molecule has 6 heteroatoms. The van der Waals surface area contributed by atoms with Crippen LogP contribution < -0.4 is 5.32 Å². The van der Waals surface area contributed by atoms with Crippen LogP contribution in [0.4, 0.5) is 11.5 Å². The Hall–Kier alpha value is -2.16. The highest BCUT2D eigenvalue weighted by atomic mass is 16.6.